The number of nitrogens with zero attached hydrogens (tertiary/aromatic N) is 3. The van der Waals surface area contributed by atoms with Crippen molar-refractivity contribution < 1.29 is 43.4 Å². The topological polar surface area (TPSA) is 37.6 Å². The van der Waals surface area contributed by atoms with Gasteiger partial charge in [-0.05, 0) is 52.3 Å². The maximum atomic E-state index is 4.61. The standard InChI is InChI=1S/C14H21N3.2ClH.V/c1-6-15-11(4)13-8-10(3)9-14(17-13)12(5)16-7-2;;;/h8-9H,6-7H2,1-5H3;2*1H;/q;;;+2/p-2. The molecule has 0 unspecified atom stereocenters. The fraction of sp³-hybridized carbons (Fsp3) is 0.500. The van der Waals surface area contributed by atoms with Crippen LogP contribution in [0.2, 0.25) is 0 Å². The maximum absolute atomic E-state index is 4.61. The average molecular weight is 353 g/mol. The van der Waals surface area contributed by atoms with Gasteiger partial charge in [-0.3, -0.25) is 9.98 Å². The molecule has 1 rings (SSSR count). The first-order valence-electron chi connectivity index (χ1n) is 6.10. The van der Waals surface area contributed by atoms with Crippen molar-refractivity contribution in [3.8, 4) is 0 Å². The zero-order valence-electron chi connectivity index (χ0n) is 12.6. The van der Waals surface area contributed by atoms with Crippen molar-refractivity contribution in [2.24, 2.45) is 9.98 Å². The van der Waals surface area contributed by atoms with Crippen molar-refractivity contribution >= 4 is 11.4 Å². The Morgan fingerprint density at radius 3 is 1.60 bits per heavy atom. The summed E-state index contributed by atoms with van der Waals surface area (Å²) in [7, 11) is 0. The fourth-order valence-electron chi connectivity index (χ4n) is 1.67. The molecule has 1 aromatic rings. The Morgan fingerprint density at radius 2 is 1.30 bits per heavy atom. The van der Waals surface area contributed by atoms with Gasteiger partial charge < -0.3 is 24.8 Å². The summed E-state index contributed by atoms with van der Waals surface area (Å²) >= 11 is 0. The molecule has 0 aromatic carbocycles. The molecular formula is C14H21Cl2N3V. The van der Waals surface area contributed by atoms with E-state index in [1.54, 1.807) is 0 Å². The van der Waals surface area contributed by atoms with Gasteiger partial charge in [0.1, 0.15) is 0 Å². The van der Waals surface area contributed by atoms with Gasteiger partial charge in [-0.1, -0.05) is 0 Å². The van der Waals surface area contributed by atoms with Crippen LogP contribution >= 0.6 is 0 Å². The largest absolute Gasteiger partial charge is 2.00 e. The van der Waals surface area contributed by atoms with Gasteiger partial charge in [0.2, 0.25) is 0 Å². The molecule has 0 saturated carbocycles. The van der Waals surface area contributed by atoms with Gasteiger partial charge in [-0.15, -0.1) is 0 Å². The van der Waals surface area contributed by atoms with E-state index in [9.17, 15) is 0 Å². The van der Waals surface area contributed by atoms with Crippen LogP contribution in [0.3, 0.4) is 0 Å². The molecular weight excluding hydrogens is 332 g/mol. The van der Waals surface area contributed by atoms with Crippen LogP contribution in [0.5, 0.6) is 0 Å². The van der Waals surface area contributed by atoms with Crippen LogP contribution in [0.15, 0.2) is 22.1 Å². The molecule has 0 N–H and O–H groups in total. The third-order valence-corrected chi connectivity index (χ3v) is 2.50. The number of aromatic nitrogens is 1. The van der Waals surface area contributed by atoms with Crippen LogP contribution in [-0.4, -0.2) is 29.5 Å². The molecule has 1 heterocycles. The zero-order chi connectivity index (χ0) is 12.8. The minimum Gasteiger partial charge on any atom is -1.00 e. The summed E-state index contributed by atoms with van der Waals surface area (Å²) in [6, 6.07) is 4.13. The van der Waals surface area contributed by atoms with Gasteiger partial charge in [0.15, 0.2) is 0 Å². The first kappa shape index (κ1) is 24.7. The van der Waals surface area contributed by atoms with Crippen LogP contribution in [0.25, 0.3) is 0 Å². The van der Waals surface area contributed by atoms with Crippen molar-refractivity contribution in [3.05, 3.63) is 29.1 Å². The van der Waals surface area contributed by atoms with Gasteiger partial charge in [-0.25, -0.2) is 4.98 Å². The van der Waals surface area contributed by atoms with Crippen molar-refractivity contribution in [2.45, 2.75) is 34.6 Å². The third kappa shape index (κ3) is 7.44. The molecule has 3 nitrogen and oxygen atoms in total. The molecule has 111 valence electrons. The summed E-state index contributed by atoms with van der Waals surface area (Å²) in [5.41, 5.74) is 5.07. The Labute approximate surface area is 146 Å². The van der Waals surface area contributed by atoms with E-state index in [0.717, 1.165) is 35.9 Å². The van der Waals surface area contributed by atoms with E-state index in [1.807, 2.05) is 27.7 Å². The van der Waals surface area contributed by atoms with E-state index >= 15 is 0 Å². The number of aryl methyl sites for hydroxylation is 1. The SMILES string of the molecule is CCN=C(C)c1cc(C)cc(C(C)=NCC)n1.[Cl-].[Cl-].[V+2]. The summed E-state index contributed by atoms with van der Waals surface area (Å²) < 4.78 is 0. The second kappa shape index (κ2) is 12.4. The summed E-state index contributed by atoms with van der Waals surface area (Å²) in [6.07, 6.45) is 0. The Kier molecular flexibility index (Phi) is 15.3. The van der Waals surface area contributed by atoms with Gasteiger partial charge in [0.25, 0.3) is 0 Å². The molecule has 0 amide bonds. The minimum absolute atomic E-state index is 0. The van der Waals surface area contributed by atoms with Crippen molar-refractivity contribution in [2.75, 3.05) is 13.1 Å². The van der Waals surface area contributed by atoms with Crippen LogP contribution in [0.1, 0.15) is 44.6 Å². The van der Waals surface area contributed by atoms with Gasteiger partial charge in [0.05, 0.1) is 22.8 Å². The first-order chi connectivity index (χ1) is 8.08. The number of pyridine rings is 1. The summed E-state index contributed by atoms with van der Waals surface area (Å²) in [5, 5.41) is 0. The monoisotopic (exact) mass is 352 g/mol. The number of aliphatic imine (C=N–C) groups is 2. The molecule has 0 saturated heterocycles. The molecule has 0 aliphatic heterocycles. The fourth-order valence-corrected chi connectivity index (χ4v) is 1.67. The van der Waals surface area contributed by atoms with E-state index in [-0.39, 0.29) is 43.4 Å². The molecule has 6 heteroatoms. The van der Waals surface area contributed by atoms with E-state index < -0.39 is 0 Å². The van der Waals surface area contributed by atoms with Crippen LogP contribution in [0, 0.1) is 6.92 Å². The Morgan fingerprint density at radius 1 is 0.950 bits per heavy atom. The second-order valence-electron chi connectivity index (χ2n) is 4.03. The normalized spacial score (nSPS) is 11.1. The van der Waals surface area contributed by atoms with E-state index in [4.69, 9.17) is 0 Å². The van der Waals surface area contributed by atoms with Crippen LogP contribution in [0.4, 0.5) is 0 Å². The predicted molar refractivity (Wildman–Crippen MR) is 74.5 cm³/mol. The molecule has 0 bridgehead atoms. The summed E-state index contributed by atoms with van der Waals surface area (Å²) in [4.78, 5) is 13.4. The summed E-state index contributed by atoms with van der Waals surface area (Å²) in [6.45, 7) is 11.7. The van der Waals surface area contributed by atoms with E-state index in [2.05, 4.69) is 34.0 Å². The number of hydrogen-bond donors (Lipinski definition) is 0. The quantitative estimate of drug-likeness (QED) is 0.534. The number of hydrogen-bond acceptors (Lipinski definition) is 3. The predicted octanol–water partition coefficient (Wildman–Crippen LogP) is -2.95. The molecule has 0 aliphatic carbocycles. The molecule has 0 aliphatic rings. The van der Waals surface area contributed by atoms with Crippen molar-refractivity contribution in [1.82, 2.24) is 4.98 Å². The third-order valence-electron chi connectivity index (χ3n) is 2.50. The summed E-state index contributed by atoms with van der Waals surface area (Å²) in [5.74, 6) is 0. The zero-order valence-corrected chi connectivity index (χ0v) is 15.5. The van der Waals surface area contributed by atoms with Crippen LogP contribution < -0.4 is 24.8 Å². The van der Waals surface area contributed by atoms with Gasteiger partial charge in [0, 0.05) is 13.1 Å². The smallest absolute Gasteiger partial charge is 1.00 e. The van der Waals surface area contributed by atoms with E-state index in [1.165, 1.54) is 5.56 Å². The van der Waals surface area contributed by atoms with Crippen LogP contribution in [-0.2, 0) is 18.6 Å². The number of halogens is 2. The van der Waals surface area contributed by atoms with Crippen molar-refractivity contribution in [3.63, 3.8) is 0 Å². The number of rotatable bonds is 4. The first-order valence-corrected chi connectivity index (χ1v) is 6.10. The van der Waals surface area contributed by atoms with E-state index in [0.29, 0.717) is 0 Å². The Balaban J connectivity index is -0.000000963. The van der Waals surface area contributed by atoms with Gasteiger partial charge >= 0.3 is 18.6 Å². The maximum Gasteiger partial charge on any atom is 2.00 e. The van der Waals surface area contributed by atoms with Gasteiger partial charge in [-0.2, -0.15) is 0 Å². The molecule has 0 atom stereocenters. The average Bonchev–Trinajstić information content (AvgIpc) is 2.29. The molecule has 0 fully saturated rings. The van der Waals surface area contributed by atoms with Crippen molar-refractivity contribution in [1.29, 1.82) is 0 Å². The Bertz CT molecular complexity index is 421. The second-order valence-corrected chi connectivity index (χ2v) is 4.03. The molecule has 1 aromatic heterocycles. The molecule has 0 spiro atoms. The minimum atomic E-state index is 0. The molecule has 1 radical (unpaired) electrons. The Hall–Kier alpha value is -0.346. The molecule has 20 heavy (non-hydrogen) atoms.